The van der Waals surface area contributed by atoms with Gasteiger partial charge in [0.05, 0.1) is 11.0 Å². The number of thiocarbonyl (C=S) groups is 1. The van der Waals surface area contributed by atoms with E-state index in [1.54, 1.807) is 12.1 Å². The summed E-state index contributed by atoms with van der Waals surface area (Å²) in [6.45, 7) is 3.79. The summed E-state index contributed by atoms with van der Waals surface area (Å²) in [5, 5.41) is 5.98. The minimum atomic E-state index is -0.352. The maximum Gasteiger partial charge on any atom is 0.319 e. The summed E-state index contributed by atoms with van der Waals surface area (Å²) in [4.78, 5) is 12.0. The molecule has 0 saturated heterocycles. The Morgan fingerprint density at radius 3 is 2.72 bits per heavy atom. The summed E-state index contributed by atoms with van der Waals surface area (Å²) in [6, 6.07) is 4.65. The molecule has 1 aromatic rings. The van der Waals surface area contributed by atoms with Gasteiger partial charge in [0, 0.05) is 10.7 Å². The van der Waals surface area contributed by atoms with Crippen LogP contribution in [0.25, 0.3) is 0 Å². The van der Waals surface area contributed by atoms with E-state index in [0.717, 1.165) is 5.56 Å². The van der Waals surface area contributed by atoms with Crippen molar-refractivity contribution in [1.29, 1.82) is 0 Å². The van der Waals surface area contributed by atoms with Gasteiger partial charge in [0.25, 0.3) is 0 Å². The lowest BCUT2D eigenvalue weighted by Crippen LogP contribution is -2.44. The summed E-state index contributed by atoms with van der Waals surface area (Å²) in [6.07, 6.45) is 0.650. The van der Waals surface area contributed by atoms with Gasteiger partial charge >= 0.3 is 6.03 Å². The van der Waals surface area contributed by atoms with Gasteiger partial charge in [-0.15, -0.1) is 0 Å². The Morgan fingerprint density at radius 2 is 2.22 bits per heavy atom. The topological polar surface area (TPSA) is 67.2 Å². The van der Waals surface area contributed by atoms with Crippen LogP contribution in [0.3, 0.4) is 0 Å². The third-order valence-corrected chi connectivity index (χ3v) is 3.18. The van der Waals surface area contributed by atoms with Gasteiger partial charge < -0.3 is 16.4 Å². The van der Waals surface area contributed by atoms with Gasteiger partial charge in [-0.1, -0.05) is 36.8 Å². The average Bonchev–Trinajstić information content (AvgIpc) is 2.30. The highest BCUT2D eigenvalue weighted by molar-refractivity contribution is 7.80. The van der Waals surface area contributed by atoms with Gasteiger partial charge in [-0.2, -0.15) is 0 Å². The highest BCUT2D eigenvalue weighted by Crippen LogP contribution is 2.19. The molecule has 1 rings (SSSR count). The predicted octanol–water partition coefficient (Wildman–Crippen LogP) is 2.83. The fourth-order valence-electron chi connectivity index (χ4n) is 1.37. The molecule has 0 radical (unpaired) electrons. The first-order chi connectivity index (χ1) is 8.43. The number of carbonyl (C=O) groups excluding carboxylic acids is 1. The maximum atomic E-state index is 11.7. The normalized spacial score (nSPS) is 11.7. The van der Waals surface area contributed by atoms with Gasteiger partial charge in [0.15, 0.2) is 0 Å². The van der Waals surface area contributed by atoms with Crippen LogP contribution < -0.4 is 16.4 Å². The molecule has 4 nitrogen and oxygen atoms in total. The standard InChI is InChI=1S/C12H16ClN3OS/c1-3-10(11(14)18)16-12(17)15-8-5-4-7(2)9(13)6-8/h4-6,10H,3H2,1-2H3,(H2,14,18)(H2,15,16,17). The molecule has 0 bridgehead atoms. The van der Waals surface area contributed by atoms with Gasteiger partial charge in [-0.25, -0.2) is 4.79 Å². The molecule has 0 heterocycles. The second-order valence-electron chi connectivity index (χ2n) is 3.93. The molecule has 4 N–H and O–H groups in total. The van der Waals surface area contributed by atoms with Gasteiger partial charge in [0.2, 0.25) is 0 Å². The summed E-state index contributed by atoms with van der Waals surface area (Å²) >= 11 is 10.8. The number of benzene rings is 1. The largest absolute Gasteiger partial charge is 0.392 e. The molecule has 98 valence electrons. The molecule has 0 aliphatic rings. The van der Waals surface area contributed by atoms with Crippen LogP contribution in [0.4, 0.5) is 10.5 Å². The molecule has 0 aromatic heterocycles. The highest BCUT2D eigenvalue weighted by Gasteiger charge is 2.12. The Bertz CT molecular complexity index is 465. The van der Waals surface area contributed by atoms with E-state index in [-0.39, 0.29) is 17.1 Å². The van der Waals surface area contributed by atoms with E-state index in [4.69, 9.17) is 29.6 Å². The fraction of sp³-hybridized carbons (Fsp3) is 0.333. The van der Waals surface area contributed by atoms with Crippen LogP contribution in [0.5, 0.6) is 0 Å². The van der Waals surface area contributed by atoms with Crippen LogP contribution in [-0.4, -0.2) is 17.1 Å². The molecule has 1 aromatic carbocycles. The van der Waals surface area contributed by atoms with Crippen molar-refractivity contribution in [3.05, 3.63) is 28.8 Å². The summed E-state index contributed by atoms with van der Waals surface area (Å²) in [7, 11) is 0. The first-order valence-electron chi connectivity index (χ1n) is 5.57. The molecule has 2 amide bonds. The molecule has 0 aliphatic heterocycles. The van der Waals surface area contributed by atoms with Crippen molar-refractivity contribution < 1.29 is 4.79 Å². The van der Waals surface area contributed by atoms with Crippen molar-refractivity contribution in [2.24, 2.45) is 5.73 Å². The summed E-state index contributed by atoms with van der Waals surface area (Å²) < 4.78 is 0. The second kappa shape index (κ2) is 6.56. The number of aryl methyl sites for hydroxylation is 1. The lowest BCUT2D eigenvalue weighted by Gasteiger charge is -2.16. The number of amides is 2. The number of nitrogens with two attached hydrogens (primary N) is 1. The molecule has 1 unspecified atom stereocenters. The van der Waals surface area contributed by atoms with Crippen LogP contribution in [0.2, 0.25) is 5.02 Å². The van der Waals surface area contributed by atoms with Crippen molar-refractivity contribution in [1.82, 2.24) is 5.32 Å². The molecule has 0 spiro atoms. The molecule has 6 heteroatoms. The van der Waals surface area contributed by atoms with Crippen molar-refractivity contribution in [3.8, 4) is 0 Å². The first kappa shape index (κ1) is 14.7. The minimum absolute atomic E-state index is 0.273. The van der Waals surface area contributed by atoms with Crippen LogP contribution in [0.15, 0.2) is 18.2 Å². The molecule has 1 atom stereocenters. The molecular formula is C12H16ClN3OS. The Balaban J connectivity index is 2.64. The van der Waals surface area contributed by atoms with E-state index in [1.807, 2.05) is 19.9 Å². The van der Waals surface area contributed by atoms with Gasteiger partial charge in [-0.3, -0.25) is 0 Å². The monoisotopic (exact) mass is 285 g/mol. The molecule has 0 aliphatic carbocycles. The first-order valence-corrected chi connectivity index (χ1v) is 6.35. The Labute approximate surface area is 117 Å². The summed E-state index contributed by atoms with van der Waals surface area (Å²) in [5.41, 5.74) is 7.08. The SMILES string of the molecule is CCC(NC(=O)Nc1ccc(C)c(Cl)c1)C(N)=S. The number of hydrogen-bond donors (Lipinski definition) is 3. The number of nitrogens with one attached hydrogen (secondary N) is 2. The number of halogens is 1. The Kier molecular flexibility index (Phi) is 5.37. The third-order valence-electron chi connectivity index (χ3n) is 2.49. The van der Waals surface area contributed by atoms with Crippen molar-refractivity contribution in [2.45, 2.75) is 26.3 Å². The van der Waals surface area contributed by atoms with E-state index in [9.17, 15) is 4.79 Å². The zero-order valence-electron chi connectivity index (χ0n) is 10.3. The van der Waals surface area contributed by atoms with Crippen LogP contribution in [-0.2, 0) is 0 Å². The number of anilines is 1. The van der Waals surface area contributed by atoms with Crippen molar-refractivity contribution in [3.63, 3.8) is 0 Å². The van der Waals surface area contributed by atoms with Gasteiger partial charge in [-0.05, 0) is 31.0 Å². The van der Waals surface area contributed by atoms with Gasteiger partial charge in [0.1, 0.15) is 0 Å². The Hall–Kier alpha value is -1.33. The fourth-order valence-corrected chi connectivity index (χ4v) is 1.78. The van der Waals surface area contributed by atoms with E-state index in [2.05, 4.69) is 10.6 Å². The number of carbonyl (C=O) groups is 1. The van der Waals surface area contributed by atoms with Crippen LogP contribution in [0.1, 0.15) is 18.9 Å². The minimum Gasteiger partial charge on any atom is -0.392 e. The third kappa shape index (κ3) is 4.16. The number of rotatable bonds is 4. The van der Waals surface area contributed by atoms with Crippen LogP contribution in [0, 0.1) is 6.92 Å². The van der Waals surface area contributed by atoms with E-state index in [1.165, 1.54) is 0 Å². The zero-order valence-corrected chi connectivity index (χ0v) is 11.9. The maximum absolute atomic E-state index is 11.7. The highest BCUT2D eigenvalue weighted by atomic mass is 35.5. The molecule has 0 saturated carbocycles. The van der Waals surface area contributed by atoms with E-state index >= 15 is 0 Å². The lowest BCUT2D eigenvalue weighted by molar-refractivity contribution is 0.250. The number of hydrogen-bond acceptors (Lipinski definition) is 2. The molecule has 0 fully saturated rings. The van der Waals surface area contributed by atoms with Crippen molar-refractivity contribution in [2.75, 3.05) is 5.32 Å². The Morgan fingerprint density at radius 1 is 1.56 bits per heavy atom. The number of urea groups is 1. The zero-order chi connectivity index (χ0) is 13.7. The second-order valence-corrected chi connectivity index (χ2v) is 4.80. The van der Waals surface area contributed by atoms with Crippen molar-refractivity contribution >= 4 is 40.5 Å². The predicted molar refractivity (Wildman–Crippen MR) is 79.2 cm³/mol. The lowest BCUT2D eigenvalue weighted by atomic mass is 10.2. The smallest absolute Gasteiger partial charge is 0.319 e. The van der Waals surface area contributed by atoms with E-state index in [0.29, 0.717) is 17.1 Å². The summed E-state index contributed by atoms with van der Waals surface area (Å²) in [5.74, 6) is 0. The molecular weight excluding hydrogens is 270 g/mol. The van der Waals surface area contributed by atoms with E-state index < -0.39 is 0 Å². The van der Waals surface area contributed by atoms with Crippen LogP contribution >= 0.6 is 23.8 Å². The average molecular weight is 286 g/mol. The quantitative estimate of drug-likeness (QED) is 0.745. The molecule has 18 heavy (non-hydrogen) atoms.